The normalized spacial score (nSPS) is 28.9. The summed E-state index contributed by atoms with van der Waals surface area (Å²) in [5.74, 6) is -5.34. The number of benzene rings is 2. The molecule has 35 heavy (non-hydrogen) atoms. The Labute approximate surface area is 202 Å². The van der Waals surface area contributed by atoms with Gasteiger partial charge in [0.15, 0.2) is 0 Å². The summed E-state index contributed by atoms with van der Waals surface area (Å²) < 4.78 is 56.3. The van der Waals surface area contributed by atoms with Crippen LogP contribution in [-0.2, 0) is 10.4 Å². The minimum atomic E-state index is -1.59. The van der Waals surface area contributed by atoms with Crippen molar-refractivity contribution < 1.29 is 27.5 Å². The number of piperidine rings is 1. The van der Waals surface area contributed by atoms with Gasteiger partial charge >= 0.3 is 0 Å². The minimum absolute atomic E-state index is 0.00609. The van der Waals surface area contributed by atoms with Crippen molar-refractivity contribution in [2.24, 2.45) is 17.8 Å². The Bertz CT molecular complexity index is 1140. The van der Waals surface area contributed by atoms with Gasteiger partial charge in [0.05, 0.1) is 5.92 Å². The molecule has 2 aromatic carbocycles. The smallest absolute Gasteiger partial charge is 0.228 e. The minimum Gasteiger partial charge on any atom is -0.384 e. The first-order valence-electron chi connectivity index (χ1n) is 11.8. The van der Waals surface area contributed by atoms with Gasteiger partial charge in [0.2, 0.25) is 5.91 Å². The molecular weight excluding hydrogens is 460 g/mol. The van der Waals surface area contributed by atoms with Crippen LogP contribution in [0.2, 0.25) is 0 Å². The van der Waals surface area contributed by atoms with E-state index in [0.29, 0.717) is 13.1 Å². The van der Waals surface area contributed by atoms with Gasteiger partial charge in [-0.05, 0) is 24.6 Å². The molecule has 0 saturated carbocycles. The first-order valence-corrected chi connectivity index (χ1v) is 11.8. The quantitative estimate of drug-likeness (QED) is 0.627. The van der Waals surface area contributed by atoms with Crippen molar-refractivity contribution >= 4 is 5.91 Å². The van der Waals surface area contributed by atoms with E-state index in [1.54, 1.807) is 18.7 Å². The first-order chi connectivity index (χ1) is 16.4. The maximum Gasteiger partial charge on any atom is 0.228 e. The zero-order chi connectivity index (χ0) is 25.7. The highest BCUT2D eigenvalue weighted by molar-refractivity contribution is 5.81. The summed E-state index contributed by atoms with van der Waals surface area (Å²) in [7, 11) is 0. The molecule has 4 rings (SSSR count). The molecule has 0 radical (unpaired) electrons. The number of likely N-dealkylation sites (tertiary alicyclic amines) is 2. The molecule has 188 valence electrons. The standard InChI is InChI=1S/C27H30F4N2O2/c1-15(2)32-13-21(20-7-5-18(28)9-24(20)30)22(14-32)26(34)33-11-16(3)27(35,17(4)12-33)23-8-6-19(29)10-25(23)31/h5-10,16-17,21-22,35H,1,11-14H2,2-4H3/t16-,17+,21-,22+,27-/m0/s1. The molecule has 5 atom stereocenters. The second-order valence-corrected chi connectivity index (χ2v) is 10.0. The van der Waals surface area contributed by atoms with Crippen molar-refractivity contribution in [3.63, 3.8) is 0 Å². The molecule has 1 amide bonds. The van der Waals surface area contributed by atoms with Crippen molar-refractivity contribution in [3.05, 3.63) is 83.1 Å². The lowest BCUT2D eigenvalue weighted by molar-refractivity contribution is -0.153. The summed E-state index contributed by atoms with van der Waals surface area (Å²) in [6.07, 6.45) is 0. The zero-order valence-corrected chi connectivity index (χ0v) is 20.1. The number of nitrogens with zero attached hydrogens (tertiary/aromatic N) is 2. The number of allylic oxidation sites excluding steroid dienone is 1. The highest BCUT2D eigenvalue weighted by Crippen LogP contribution is 2.44. The van der Waals surface area contributed by atoms with Gasteiger partial charge in [0.25, 0.3) is 0 Å². The summed E-state index contributed by atoms with van der Waals surface area (Å²) in [6, 6.07) is 6.50. The zero-order valence-electron chi connectivity index (χ0n) is 20.1. The van der Waals surface area contributed by atoms with Crippen LogP contribution in [0.15, 0.2) is 48.7 Å². The predicted molar refractivity (Wildman–Crippen MR) is 124 cm³/mol. The van der Waals surface area contributed by atoms with Crippen LogP contribution in [-0.4, -0.2) is 47.0 Å². The summed E-state index contributed by atoms with van der Waals surface area (Å²) in [6.45, 7) is 10.2. The Balaban J connectivity index is 1.61. The maximum atomic E-state index is 14.7. The van der Waals surface area contributed by atoms with Crippen molar-refractivity contribution in [2.45, 2.75) is 32.3 Å². The van der Waals surface area contributed by atoms with Gasteiger partial charge in [-0.15, -0.1) is 0 Å². The van der Waals surface area contributed by atoms with Crippen molar-refractivity contribution in [1.82, 2.24) is 9.80 Å². The number of halogens is 4. The number of hydrogen-bond acceptors (Lipinski definition) is 3. The lowest BCUT2D eigenvalue weighted by Gasteiger charge is -2.48. The molecule has 2 aliphatic heterocycles. The third-order valence-electron chi connectivity index (χ3n) is 7.70. The average molecular weight is 491 g/mol. The Morgan fingerprint density at radius 1 is 0.914 bits per heavy atom. The van der Waals surface area contributed by atoms with E-state index < -0.39 is 52.5 Å². The highest BCUT2D eigenvalue weighted by atomic mass is 19.1. The Hall–Kier alpha value is -2.87. The van der Waals surface area contributed by atoms with E-state index in [2.05, 4.69) is 6.58 Å². The van der Waals surface area contributed by atoms with Crippen LogP contribution >= 0.6 is 0 Å². The molecular formula is C27H30F4N2O2. The van der Waals surface area contributed by atoms with Gasteiger partial charge in [0, 0.05) is 67.3 Å². The van der Waals surface area contributed by atoms with Crippen LogP contribution in [0.4, 0.5) is 17.6 Å². The highest BCUT2D eigenvalue weighted by Gasteiger charge is 2.50. The molecule has 8 heteroatoms. The van der Waals surface area contributed by atoms with Crippen LogP contribution in [0.1, 0.15) is 37.8 Å². The van der Waals surface area contributed by atoms with E-state index >= 15 is 0 Å². The topological polar surface area (TPSA) is 43.8 Å². The summed E-state index contributed by atoms with van der Waals surface area (Å²) >= 11 is 0. The molecule has 0 bridgehead atoms. The number of hydrogen-bond donors (Lipinski definition) is 1. The van der Waals surface area contributed by atoms with Crippen LogP contribution in [0, 0.1) is 41.0 Å². The monoisotopic (exact) mass is 490 g/mol. The van der Waals surface area contributed by atoms with Gasteiger partial charge in [-0.2, -0.15) is 0 Å². The third kappa shape index (κ3) is 4.44. The van der Waals surface area contributed by atoms with Crippen molar-refractivity contribution in [1.29, 1.82) is 0 Å². The molecule has 0 spiro atoms. The van der Waals surface area contributed by atoms with Crippen LogP contribution in [0.25, 0.3) is 0 Å². The third-order valence-corrected chi connectivity index (χ3v) is 7.70. The fourth-order valence-corrected chi connectivity index (χ4v) is 5.74. The van der Waals surface area contributed by atoms with Crippen molar-refractivity contribution in [2.75, 3.05) is 26.2 Å². The fraction of sp³-hybridized carbons (Fsp3) is 0.444. The van der Waals surface area contributed by atoms with E-state index in [0.717, 1.165) is 23.9 Å². The maximum absolute atomic E-state index is 14.7. The second-order valence-electron chi connectivity index (χ2n) is 10.0. The van der Waals surface area contributed by atoms with Crippen LogP contribution in [0.3, 0.4) is 0 Å². The Kier molecular flexibility index (Phi) is 6.70. The van der Waals surface area contributed by atoms with Crippen LogP contribution < -0.4 is 0 Å². The van der Waals surface area contributed by atoms with E-state index in [4.69, 9.17) is 0 Å². The fourth-order valence-electron chi connectivity index (χ4n) is 5.74. The predicted octanol–water partition coefficient (Wildman–Crippen LogP) is 4.79. The average Bonchev–Trinajstić information content (AvgIpc) is 3.22. The number of amides is 1. The van der Waals surface area contributed by atoms with Gasteiger partial charge in [-0.1, -0.05) is 32.6 Å². The molecule has 2 heterocycles. The molecule has 1 N–H and O–H groups in total. The van der Waals surface area contributed by atoms with Gasteiger partial charge < -0.3 is 14.9 Å². The summed E-state index contributed by atoms with van der Waals surface area (Å²) in [5.41, 5.74) is -0.561. The van der Waals surface area contributed by atoms with Crippen LogP contribution in [0.5, 0.6) is 0 Å². The molecule has 0 aliphatic carbocycles. The SMILES string of the molecule is C=C(C)N1C[C@@H](C(=O)N2C[C@@H](C)[C@](O)(c3ccc(F)cc3F)[C@@H](C)C2)[C@H](c2ccc(F)cc2F)C1. The molecule has 2 aromatic rings. The molecule has 2 fully saturated rings. The van der Waals surface area contributed by atoms with E-state index in [1.807, 2.05) is 11.8 Å². The number of carbonyl (C=O) groups excluding carboxylic acids is 1. The number of rotatable bonds is 4. The Morgan fingerprint density at radius 3 is 2.03 bits per heavy atom. The number of carbonyl (C=O) groups is 1. The molecule has 0 aromatic heterocycles. The lowest BCUT2D eigenvalue weighted by Crippen LogP contribution is -2.57. The summed E-state index contributed by atoms with van der Waals surface area (Å²) in [4.78, 5) is 17.3. The largest absolute Gasteiger partial charge is 0.384 e. The molecule has 0 unspecified atom stereocenters. The Morgan fingerprint density at radius 2 is 1.49 bits per heavy atom. The van der Waals surface area contributed by atoms with E-state index in [9.17, 15) is 27.5 Å². The van der Waals surface area contributed by atoms with Gasteiger partial charge in [-0.3, -0.25) is 4.79 Å². The van der Waals surface area contributed by atoms with E-state index in [-0.39, 0.29) is 30.1 Å². The second kappa shape index (κ2) is 9.30. The van der Waals surface area contributed by atoms with Gasteiger partial charge in [0.1, 0.15) is 28.9 Å². The van der Waals surface area contributed by atoms with E-state index in [1.165, 1.54) is 18.2 Å². The molecule has 2 aliphatic rings. The first kappa shape index (κ1) is 25.2. The molecule has 2 saturated heterocycles. The summed E-state index contributed by atoms with van der Waals surface area (Å²) in [5, 5.41) is 11.5. The van der Waals surface area contributed by atoms with Crippen molar-refractivity contribution in [3.8, 4) is 0 Å². The lowest BCUT2D eigenvalue weighted by atomic mass is 9.70. The molecule has 4 nitrogen and oxygen atoms in total. The number of aliphatic hydroxyl groups is 1. The van der Waals surface area contributed by atoms with Gasteiger partial charge in [-0.25, -0.2) is 17.6 Å².